The Morgan fingerprint density at radius 2 is 1.85 bits per heavy atom. The van der Waals surface area contributed by atoms with E-state index in [2.05, 4.69) is 20.1 Å². The average molecular weight is 464 g/mol. The van der Waals surface area contributed by atoms with Crippen LogP contribution in [0.15, 0.2) is 54.0 Å². The van der Waals surface area contributed by atoms with Crippen LogP contribution in [0.1, 0.15) is 47.6 Å². The molecule has 0 bridgehead atoms. The number of nitrogens with zero attached hydrogens (tertiary/aromatic N) is 5. The molecule has 1 amide bonds. The SMILES string of the molecule is NC(=NC(=O)c1cnn(C2CCS(=O)C2)c1)C1(c2ccc(-c3cnc(N)nc3)cc2)CCC1. The largest absolute Gasteiger partial charge is 0.386 e. The summed E-state index contributed by atoms with van der Waals surface area (Å²) in [5.41, 5.74) is 14.8. The second-order valence-corrected chi connectivity index (χ2v) is 10.2. The Morgan fingerprint density at radius 1 is 1.12 bits per heavy atom. The van der Waals surface area contributed by atoms with Gasteiger partial charge in [0, 0.05) is 46.5 Å². The molecule has 3 aromatic rings. The van der Waals surface area contributed by atoms with E-state index in [1.807, 2.05) is 24.3 Å². The molecule has 1 aliphatic carbocycles. The van der Waals surface area contributed by atoms with Gasteiger partial charge in [-0.05, 0) is 30.4 Å². The van der Waals surface area contributed by atoms with Crippen molar-refractivity contribution >= 4 is 28.5 Å². The molecule has 33 heavy (non-hydrogen) atoms. The van der Waals surface area contributed by atoms with Crippen molar-refractivity contribution in [2.75, 3.05) is 17.2 Å². The molecule has 3 heterocycles. The molecule has 0 radical (unpaired) electrons. The number of hydrogen-bond acceptors (Lipinski definition) is 6. The highest BCUT2D eigenvalue weighted by atomic mass is 32.2. The number of nitrogens with two attached hydrogens (primary N) is 2. The maximum atomic E-state index is 12.8. The number of aromatic nitrogens is 4. The summed E-state index contributed by atoms with van der Waals surface area (Å²) in [6.45, 7) is 0. The lowest BCUT2D eigenvalue weighted by Gasteiger charge is -2.41. The summed E-state index contributed by atoms with van der Waals surface area (Å²) in [4.78, 5) is 25.2. The van der Waals surface area contributed by atoms with Crippen molar-refractivity contribution in [3.63, 3.8) is 0 Å². The van der Waals surface area contributed by atoms with Crippen molar-refractivity contribution in [2.45, 2.75) is 37.1 Å². The van der Waals surface area contributed by atoms with E-state index in [0.29, 0.717) is 22.9 Å². The molecule has 170 valence electrons. The lowest BCUT2D eigenvalue weighted by molar-refractivity contribution is 0.100. The van der Waals surface area contributed by atoms with Crippen LogP contribution in [0.3, 0.4) is 0 Å². The van der Waals surface area contributed by atoms with E-state index in [-0.39, 0.29) is 12.0 Å². The zero-order valence-electron chi connectivity index (χ0n) is 18.1. The summed E-state index contributed by atoms with van der Waals surface area (Å²) in [6, 6.07) is 8.10. The van der Waals surface area contributed by atoms with E-state index in [4.69, 9.17) is 11.5 Å². The number of carbonyl (C=O) groups is 1. The van der Waals surface area contributed by atoms with Crippen LogP contribution < -0.4 is 11.5 Å². The van der Waals surface area contributed by atoms with Crippen molar-refractivity contribution in [3.05, 3.63) is 60.2 Å². The Kier molecular flexibility index (Phi) is 5.53. The molecule has 1 aliphatic heterocycles. The van der Waals surface area contributed by atoms with Gasteiger partial charge >= 0.3 is 0 Å². The first kappa shape index (κ1) is 21.4. The van der Waals surface area contributed by atoms with Crippen LogP contribution in [0.25, 0.3) is 11.1 Å². The standard InChI is InChI=1S/C23H25N7O2S/c24-21(29-20(31)17-12-28-30(13-17)19-6-9-33(32)14-19)23(7-1-8-23)18-4-2-15(3-5-18)16-10-26-22(25)27-11-16/h2-5,10-13,19H,1,6-9,14H2,(H2,24,29,31)(H2,25,26,27). The fraction of sp³-hybridized carbons (Fsp3) is 0.348. The molecule has 5 rings (SSSR count). The minimum atomic E-state index is -0.812. The van der Waals surface area contributed by atoms with E-state index in [9.17, 15) is 9.00 Å². The Labute approximate surface area is 193 Å². The van der Waals surface area contributed by atoms with Crippen LogP contribution in [-0.4, -0.2) is 47.2 Å². The van der Waals surface area contributed by atoms with E-state index in [0.717, 1.165) is 42.4 Å². The molecule has 1 saturated carbocycles. The fourth-order valence-electron chi connectivity index (χ4n) is 4.48. The van der Waals surface area contributed by atoms with Crippen molar-refractivity contribution in [3.8, 4) is 11.1 Å². The Morgan fingerprint density at radius 3 is 2.45 bits per heavy atom. The normalized spacial score (nSPS) is 22.1. The zero-order chi connectivity index (χ0) is 23.0. The lowest BCUT2D eigenvalue weighted by Crippen LogP contribution is -2.47. The molecule has 1 saturated heterocycles. The van der Waals surface area contributed by atoms with Gasteiger partial charge in [-0.2, -0.15) is 10.1 Å². The van der Waals surface area contributed by atoms with Crippen molar-refractivity contribution in [1.82, 2.24) is 19.7 Å². The smallest absolute Gasteiger partial charge is 0.281 e. The molecule has 2 aromatic heterocycles. The molecule has 2 fully saturated rings. The van der Waals surface area contributed by atoms with Gasteiger partial charge in [0.2, 0.25) is 5.95 Å². The molecule has 2 unspecified atom stereocenters. The second-order valence-electron chi connectivity index (χ2n) is 8.61. The fourth-order valence-corrected chi connectivity index (χ4v) is 5.93. The van der Waals surface area contributed by atoms with Crippen LogP contribution in [0, 0.1) is 0 Å². The molecule has 1 aromatic carbocycles. The quantitative estimate of drug-likeness (QED) is 0.436. The van der Waals surface area contributed by atoms with E-state index in [1.165, 1.54) is 6.20 Å². The minimum Gasteiger partial charge on any atom is -0.386 e. The number of benzene rings is 1. The number of amides is 1. The molecule has 2 aliphatic rings. The maximum absolute atomic E-state index is 12.8. The summed E-state index contributed by atoms with van der Waals surface area (Å²) >= 11 is 0. The summed E-state index contributed by atoms with van der Waals surface area (Å²) in [5.74, 6) is 1.41. The third kappa shape index (κ3) is 4.06. The summed E-state index contributed by atoms with van der Waals surface area (Å²) < 4.78 is 13.4. The summed E-state index contributed by atoms with van der Waals surface area (Å²) in [7, 11) is -0.812. The second kappa shape index (κ2) is 8.51. The number of aliphatic imine (C=N–C) groups is 1. The molecular formula is C23H25N7O2S. The van der Waals surface area contributed by atoms with Gasteiger partial charge in [0.05, 0.1) is 23.2 Å². The Balaban J connectivity index is 1.35. The highest BCUT2D eigenvalue weighted by Crippen LogP contribution is 2.44. The van der Waals surface area contributed by atoms with E-state index < -0.39 is 22.1 Å². The zero-order valence-corrected chi connectivity index (χ0v) is 18.9. The summed E-state index contributed by atoms with van der Waals surface area (Å²) in [5, 5.41) is 4.29. The third-order valence-electron chi connectivity index (χ3n) is 6.64. The van der Waals surface area contributed by atoms with E-state index in [1.54, 1.807) is 23.3 Å². The van der Waals surface area contributed by atoms with Crippen LogP contribution in [0.5, 0.6) is 0 Å². The van der Waals surface area contributed by atoms with Crippen LogP contribution in [0.4, 0.5) is 5.95 Å². The van der Waals surface area contributed by atoms with Gasteiger partial charge in [0.1, 0.15) is 5.84 Å². The number of hydrogen-bond donors (Lipinski definition) is 2. The maximum Gasteiger partial charge on any atom is 0.281 e. The van der Waals surface area contributed by atoms with E-state index >= 15 is 0 Å². The lowest BCUT2D eigenvalue weighted by atomic mass is 9.63. The van der Waals surface area contributed by atoms with Gasteiger partial charge in [-0.15, -0.1) is 0 Å². The monoisotopic (exact) mass is 463 g/mol. The highest BCUT2D eigenvalue weighted by molar-refractivity contribution is 7.85. The first-order chi connectivity index (χ1) is 15.9. The van der Waals surface area contributed by atoms with Crippen LogP contribution in [0.2, 0.25) is 0 Å². The molecule has 10 heteroatoms. The number of anilines is 1. The van der Waals surface area contributed by atoms with Gasteiger partial charge in [-0.1, -0.05) is 30.7 Å². The molecule has 2 atom stereocenters. The average Bonchev–Trinajstić information content (AvgIpc) is 3.43. The number of carbonyl (C=O) groups excluding carboxylic acids is 1. The van der Waals surface area contributed by atoms with Gasteiger partial charge < -0.3 is 11.5 Å². The molecule has 0 spiro atoms. The van der Waals surface area contributed by atoms with Gasteiger partial charge in [0.25, 0.3) is 5.91 Å². The Bertz CT molecular complexity index is 1230. The third-order valence-corrected chi connectivity index (χ3v) is 8.09. The van der Waals surface area contributed by atoms with Crippen LogP contribution in [-0.2, 0) is 16.2 Å². The van der Waals surface area contributed by atoms with Gasteiger partial charge in [0.15, 0.2) is 0 Å². The Hall–Kier alpha value is -3.40. The number of amidine groups is 1. The van der Waals surface area contributed by atoms with Crippen molar-refractivity contribution in [2.24, 2.45) is 10.7 Å². The number of nitrogen functional groups attached to an aromatic ring is 1. The predicted molar refractivity (Wildman–Crippen MR) is 127 cm³/mol. The molecule has 4 N–H and O–H groups in total. The highest BCUT2D eigenvalue weighted by Gasteiger charge is 2.43. The van der Waals surface area contributed by atoms with Gasteiger partial charge in [-0.25, -0.2) is 9.97 Å². The topological polar surface area (TPSA) is 142 Å². The van der Waals surface area contributed by atoms with Crippen LogP contribution >= 0.6 is 0 Å². The predicted octanol–water partition coefficient (Wildman–Crippen LogP) is 2.24. The minimum absolute atomic E-state index is 0.0663. The molecular weight excluding hydrogens is 438 g/mol. The van der Waals surface area contributed by atoms with Crippen molar-refractivity contribution < 1.29 is 9.00 Å². The first-order valence-corrected chi connectivity index (χ1v) is 12.4. The van der Waals surface area contributed by atoms with Gasteiger partial charge in [-0.3, -0.25) is 13.7 Å². The number of rotatable bonds is 5. The summed E-state index contributed by atoms with van der Waals surface area (Å²) in [6.07, 6.45) is 10.1. The molecule has 9 nitrogen and oxygen atoms in total. The first-order valence-electron chi connectivity index (χ1n) is 10.9. The van der Waals surface area contributed by atoms with Crippen molar-refractivity contribution in [1.29, 1.82) is 0 Å².